The topological polar surface area (TPSA) is 56.5 Å². The summed E-state index contributed by atoms with van der Waals surface area (Å²) in [5, 5.41) is 15.2. The highest BCUT2D eigenvalue weighted by Gasteiger charge is 2.18. The summed E-state index contributed by atoms with van der Waals surface area (Å²) in [6.07, 6.45) is 0. The summed E-state index contributed by atoms with van der Waals surface area (Å²) in [5.41, 5.74) is 1.93. The zero-order valence-electron chi connectivity index (χ0n) is 12.0. The maximum absolute atomic E-state index is 4.61. The highest BCUT2D eigenvalue weighted by molar-refractivity contribution is 8.00. The number of benzene rings is 1. The van der Waals surface area contributed by atoms with Crippen LogP contribution in [0.4, 0.5) is 0 Å². The quantitative estimate of drug-likeness (QED) is 0.737. The SMILES string of the molecule is CC(C)(C)n1nnc(Sc2nc(-c3ccccc3)cs2)n1. The van der Waals surface area contributed by atoms with Crippen molar-refractivity contribution in [2.45, 2.75) is 35.8 Å². The Morgan fingerprint density at radius 3 is 2.57 bits per heavy atom. The molecule has 0 aliphatic heterocycles. The third kappa shape index (κ3) is 3.30. The summed E-state index contributed by atoms with van der Waals surface area (Å²) in [6, 6.07) is 10.1. The predicted octanol–water partition coefficient (Wildman–Crippen LogP) is 3.70. The molecule has 3 aromatic rings. The van der Waals surface area contributed by atoms with Gasteiger partial charge in [-0.25, -0.2) is 4.98 Å². The van der Waals surface area contributed by atoms with Gasteiger partial charge in [0.25, 0.3) is 0 Å². The molecule has 5 nitrogen and oxygen atoms in total. The third-order valence-corrected chi connectivity index (χ3v) is 4.51. The van der Waals surface area contributed by atoms with Crippen LogP contribution < -0.4 is 0 Å². The molecule has 0 bridgehead atoms. The molecule has 21 heavy (non-hydrogen) atoms. The van der Waals surface area contributed by atoms with Crippen LogP contribution in [0.3, 0.4) is 0 Å². The lowest BCUT2D eigenvalue weighted by atomic mass is 10.1. The molecule has 0 aliphatic rings. The highest BCUT2D eigenvalue weighted by atomic mass is 32.2. The van der Waals surface area contributed by atoms with E-state index in [0.29, 0.717) is 5.16 Å². The Labute approximate surface area is 131 Å². The number of tetrazole rings is 1. The van der Waals surface area contributed by atoms with Crippen molar-refractivity contribution >= 4 is 23.1 Å². The van der Waals surface area contributed by atoms with Gasteiger partial charge >= 0.3 is 0 Å². The average Bonchev–Trinajstić information content (AvgIpc) is 3.09. The van der Waals surface area contributed by atoms with E-state index in [1.807, 2.05) is 44.4 Å². The first-order chi connectivity index (χ1) is 10.0. The van der Waals surface area contributed by atoms with E-state index < -0.39 is 0 Å². The summed E-state index contributed by atoms with van der Waals surface area (Å²) in [6.45, 7) is 6.13. The Balaban J connectivity index is 1.77. The fourth-order valence-electron chi connectivity index (χ4n) is 1.65. The van der Waals surface area contributed by atoms with Crippen molar-refractivity contribution in [3.8, 4) is 11.3 Å². The molecule has 2 heterocycles. The number of nitrogens with zero attached hydrogens (tertiary/aromatic N) is 5. The Hall–Kier alpha value is -1.73. The maximum atomic E-state index is 4.61. The van der Waals surface area contributed by atoms with Crippen LogP contribution in [0.15, 0.2) is 45.2 Å². The molecule has 1 aromatic carbocycles. The van der Waals surface area contributed by atoms with E-state index in [4.69, 9.17) is 0 Å². The molecule has 7 heteroatoms. The molecule has 0 N–H and O–H groups in total. The van der Waals surface area contributed by atoms with E-state index in [0.717, 1.165) is 15.6 Å². The van der Waals surface area contributed by atoms with Gasteiger partial charge in [-0.05, 0) is 37.7 Å². The van der Waals surface area contributed by atoms with Crippen LogP contribution in [0.5, 0.6) is 0 Å². The van der Waals surface area contributed by atoms with E-state index in [9.17, 15) is 0 Å². The van der Waals surface area contributed by atoms with Crippen molar-refractivity contribution in [3.63, 3.8) is 0 Å². The first-order valence-corrected chi connectivity index (χ1v) is 8.21. The smallest absolute Gasteiger partial charge is 0.229 e. The summed E-state index contributed by atoms with van der Waals surface area (Å²) in [5.74, 6) is 0. The highest BCUT2D eigenvalue weighted by Crippen LogP contribution is 2.31. The van der Waals surface area contributed by atoms with Gasteiger partial charge in [0.05, 0.1) is 11.2 Å². The molecule has 0 aliphatic carbocycles. The fraction of sp³-hybridized carbons (Fsp3) is 0.286. The van der Waals surface area contributed by atoms with Crippen molar-refractivity contribution < 1.29 is 0 Å². The first kappa shape index (κ1) is 14.2. The maximum Gasteiger partial charge on any atom is 0.238 e. The molecule has 0 saturated carbocycles. The van der Waals surface area contributed by atoms with Crippen molar-refractivity contribution in [3.05, 3.63) is 35.7 Å². The van der Waals surface area contributed by atoms with Gasteiger partial charge in [0.2, 0.25) is 5.16 Å². The van der Waals surface area contributed by atoms with Crippen LogP contribution in [0.1, 0.15) is 20.8 Å². The van der Waals surface area contributed by atoms with Gasteiger partial charge < -0.3 is 0 Å². The standard InChI is InChI=1S/C14H15N5S2/c1-14(2,3)19-17-12(16-18-19)21-13-15-11(9-20-13)10-7-5-4-6-8-10/h4-9H,1-3H3. The molecule has 0 spiro atoms. The summed E-state index contributed by atoms with van der Waals surface area (Å²) in [4.78, 5) is 6.24. The zero-order valence-corrected chi connectivity index (χ0v) is 13.6. The monoisotopic (exact) mass is 317 g/mol. The van der Waals surface area contributed by atoms with Gasteiger partial charge in [0.15, 0.2) is 4.34 Å². The second-order valence-corrected chi connectivity index (χ2v) is 7.57. The fourth-order valence-corrected chi connectivity index (χ4v) is 3.26. The number of thiazole rings is 1. The summed E-state index contributed by atoms with van der Waals surface area (Å²) >= 11 is 3.03. The van der Waals surface area contributed by atoms with Crippen LogP contribution in [0, 0.1) is 0 Å². The van der Waals surface area contributed by atoms with Crippen LogP contribution in [-0.4, -0.2) is 25.2 Å². The number of aromatic nitrogens is 5. The average molecular weight is 317 g/mol. The lowest BCUT2D eigenvalue weighted by Crippen LogP contribution is -2.24. The van der Waals surface area contributed by atoms with Crippen LogP contribution in [0.25, 0.3) is 11.3 Å². The van der Waals surface area contributed by atoms with Gasteiger partial charge in [0, 0.05) is 10.9 Å². The van der Waals surface area contributed by atoms with Crippen molar-refractivity contribution in [1.29, 1.82) is 0 Å². The van der Waals surface area contributed by atoms with E-state index in [-0.39, 0.29) is 5.54 Å². The lowest BCUT2D eigenvalue weighted by molar-refractivity contribution is 0.304. The molecule has 0 saturated heterocycles. The van der Waals surface area contributed by atoms with Gasteiger partial charge in [-0.2, -0.15) is 4.80 Å². The summed E-state index contributed by atoms with van der Waals surface area (Å²) in [7, 11) is 0. The normalized spacial score (nSPS) is 11.8. The van der Waals surface area contributed by atoms with E-state index in [2.05, 4.69) is 32.5 Å². The number of rotatable bonds is 3. The first-order valence-electron chi connectivity index (χ1n) is 6.52. The second-order valence-electron chi connectivity index (χ2n) is 5.50. The van der Waals surface area contributed by atoms with Crippen LogP contribution >= 0.6 is 23.1 Å². The third-order valence-electron chi connectivity index (χ3n) is 2.73. The van der Waals surface area contributed by atoms with E-state index in [1.54, 1.807) is 16.1 Å². The second kappa shape index (κ2) is 5.57. The molecule has 0 fully saturated rings. The molecule has 0 unspecified atom stereocenters. The molecule has 0 amide bonds. The Morgan fingerprint density at radius 1 is 1.14 bits per heavy atom. The Morgan fingerprint density at radius 2 is 1.90 bits per heavy atom. The lowest BCUT2D eigenvalue weighted by Gasteiger charge is -2.15. The Bertz CT molecular complexity index is 727. The molecular weight excluding hydrogens is 302 g/mol. The van der Waals surface area contributed by atoms with E-state index >= 15 is 0 Å². The number of hydrogen-bond acceptors (Lipinski definition) is 6. The number of hydrogen-bond donors (Lipinski definition) is 0. The Kier molecular flexibility index (Phi) is 3.77. The minimum Gasteiger partial charge on any atom is -0.229 e. The van der Waals surface area contributed by atoms with Gasteiger partial charge in [0.1, 0.15) is 0 Å². The van der Waals surface area contributed by atoms with Gasteiger partial charge in [-0.15, -0.1) is 21.5 Å². The van der Waals surface area contributed by atoms with Gasteiger partial charge in [-0.3, -0.25) is 0 Å². The molecule has 0 radical (unpaired) electrons. The van der Waals surface area contributed by atoms with Crippen molar-refractivity contribution in [2.24, 2.45) is 0 Å². The van der Waals surface area contributed by atoms with Crippen molar-refractivity contribution in [1.82, 2.24) is 25.2 Å². The van der Waals surface area contributed by atoms with Crippen LogP contribution in [0.2, 0.25) is 0 Å². The van der Waals surface area contributed by atoms with Crippen LogP contribution in [-0.2, 0) is 5.54 Å². The minimum atomic E-state index is -0.163. The van der Waals surface area contributed by atoms with Gasteiger partial charge in [-0.1, -0.05) is 30.3 Å². The largest absolute Gasteiger partial charge is 0.238 e. The molecule has 2 aromatic heterocycles. The van der Waals surface area contributed by atoms with Crippen molar-refractivity contribution in [2.75, 3.05) is 0 Å². The summed E-state index contributed by atoms with van der Waals surface area (Å²) < 4.78 is 0.919. The molecular formula is C14H15N5S2. The predicted molar refractivity (Wildman–Crippen MR) is 84.5 cm³/mol. The zero-order chi connectivity index (χ0) is 14.9. The molecule has 3 rings (SSSR count). The minimum absolute atomic E-state index is 0.163. The van der Waals surface area contributed by atoms with E-state index in [1.165, 1.54) is 11.8 Å². The molecule has 108 valence electrons. The molecule has 0 atom stereocenters.